The van der Waals surface area contributed by atoms with Crippen LogP contribution in [0.25, 0.3) is 5.82 Å². The Balaban J connectivity index is 2.54. The summed E-state index contributed by atoms with van der Waals surface area (Å²) >= 11 is 0. The summed E-state index contributed by atoms with van der Waals surface area (Å²) in [6.07, 6.45) is 3.55. The van der Waals surface area contributed by atoms with Crippen molar-refractivity contribution in [3.8, 4) is 5.82 Å². The number of hydrogen-bond donors (Lipinski definition) is 1. The second kappa shape index (κ2) is 5.42. The normalized spacial score (nSPS) is 11.2. The molecule has 0 aromatic carbocycles. The fourth-order valence-electron chi connectivity index (χ4n) is 2.20. The van der Waals surface area contributed by atoms with Gasteiger partial charge >= 0.3 is 0 Å². The topological polar surface area (TPSA) is 74.5 Å². The predicted octanol–water partition coefficient (Wildman–Crippen LogP) is 1.66. The lowest BCUT2D eigenvalue weighted by atomic mass is 10.2. The van der Waals surface area contributed by atoms with Crippen LogP contribution in [0.1, 0.15) is 44.5 Å². The predicted molar refractivity (Wildman–Crippen MR) is 75.3 cm³/mol. The van der Waals surface area contributed by atoms with E-state index in [4.69, 9.17) is 5.73 Å². The maximum atomic E-state index is 6.22. The van der Waals surface area contributed by atoms with E-state index in [2.05, 4.69) is 29.0 Å². The molecular formula is C13H22N6. The SMILES string of the molecule is CCCc1nn(C)c(-n2nc(CC)nc2CC)c1N. The van der Waals surface area contributed by atoms with Gasteiger partial charge in [-0.3, -0.25) is 0 Å². The third kappa shape index (κ3) is 2.34. The van der Waals surface area contributed by atoms with Crippen molar-refractivity contribution >= 4 is 5.69 Å². The van der Waals surface area contributed by atoms with Crippen molar-refractivity contribution in [3.05, 3.63) is 17.3 Å². The van der Waals surface area contributed by atoms with Crippen LogP contribution < -0.4 is 5.73 Å². The molecule has 0 fully saturated rings. The molecule has 0 atom stereocenters. The van der Waals surface area contributed by atoms with E-state index in [-0.39, 0.29) is 0 Å². The van der Waals surface area contributed by atoms with Crippen LogP contribution in [0, 0.1) is 0 Å². The molecule has 2 heterocycles. The molecule has 104 valence electrons. The molecule has 2 rings (SSSR count). The third-order valence-corrected chi connectivity index (χ3v) is 3.17. The van der Waals surface area contributed by atoms with Crippen LogP contribution in [0.2, 0.25) is 0 Å². The average Bonchev–Trinajstić information content (AvgIpc) is 2.92. The Bertz CT molecular complexity index is 566. The molecule has 0 spiro atoms. The zero-order valence-electron chi connectivity index (χ0n) is 12.1. The van der Waals surface area contributed by atoms with Gasteiger partial charge in [-0.15, -0.1) is 5.10 Å². The molecule has 6 heteroatoms. The highest BCUT2D eigenvalue weighted by atomic mass is 15.4. The number of aryl methyl sites for hydroxylation is 4. The van der Waals surface area contributed by atoms with Gasteiger partial charge in [0.15, 0.2) is 11.6 Å². The fraction of sp³-hybridized carbons (Fsp3) is 0.615. The van der Waals surface area contributed by atoms with Gasteiger partial charge in [-0.1, -0.05) is 27.2 Å². The fourth-order valence-corrected chi connectivity index (χ4v) is 2.20. The summed E-state index contributed by atoms with van der Waals surface area (Å²) in [6, 6.07) is 0. The van der Waals surface area contributed by atoms with Gasteiger partial charge < -0.3 is 5.73 Å². The molecular weight excluding hydrogens is 240 g/mol. The van der Waals surface area contributed by atoms with Crippen LogP contribution in [0.5, 0.6) is 0 Å². The van der Waals surface area contributed by atoms with E-state index < -0.39 is 0 Å². The van der Waals surface area contributed by atoms with E-state index in [1.54, 1.807) is 4.68 Å². The summed E-state index contributed by atoms with van der Waals surface area (Å²) in [5.74, 6) is 2.59. The van der Waals surface area contributed by atoms with Gasteiger partial charge in [0.05, 0.1) is 5.69 Å². The lowest BCUT2D eigenvalue weighted by Gasteiger charge is -2.05. The zero-order chi connectivity index (χ0) is 14.0. The smallest absolute Gasteiger partial charge is 0.177 e. The van der Waals surface area contributed by atoms with Crippen molar-refractivity contribution in [3.63, 3.8) is 0 Å². The quantitative estimate of drug-likeness (QED) is 0.889. The molecule has 6 nitrogen and oxygen atoms in total. The van der Waals surface area contributed by atoms with Crippen LogP contribution in [0.3, 0.4) is 0 Å². The standard InChI is InChI=1S/C13H22N6/c1-5-8-9-12(14)13(18(4)16-9)19-11(7-3)15-10(6-2)17-19/h5-8,14H2,1-4H3. The highest BCUT2D eigenvalue weighted by Crippen LogP contribution is 2.22. The molecule has 0 aliphatic rings. The Labute approximate surface area is 113 Å². The summed E-state index contributed by atoms with van der Waals surface area (Å²) in [6.45, 7) is 6.24. The van der Waals surface area contributed by atoms with E-state index in [9.17, 15) is 0 Å². The minimum atomic E-state index is 0.714. The molecule has 19 heavy (non-hydrogen) atoms. The van der Waals surface area contributed by atoms with Crippen LogP contribution in [-0.4, -0.2) is 24.5 Å². The lowest BCUT2D eigenvalue weighted by Crippen LogP contribution is -2.10. The van der Waals surface area contributed by atoms with Gasteiger partial charge in [-0.05, 0) is 6.42 Å². The van der Waals surface area contributed by atoms with Crippen molar-refractivity contribution in [1.29, 1.82) is 0 Å². The lowest BCUT2D eigenvalue weighted by molar-refractivity contribution is 0.666. The highest BCUT2D eigenvalue weighted by Gasteiger charge is 2.18. The van der Waals surface area contributed by atoms with Gasteiger partial charge in [0.1, 0.15) is 11.5 Å². The number of anilines is 1. The Hall–Kier alpha value is -1.85. The molecule has 2 aromatic rings. The molecule has 2 aromatic heterocycles. The van der Waals surface area contributed by atoms with Crippen molar-refractivity contribution in [2.75, 3.05) is 5.73 Å². The molecule has 2 N–H and O–H groups in total. The number of rotatable bonds is 5. The van der Waals surface area contributed by atoms with Crippen LogP contribution in [0.4, 0.5) is 5.69 Å². The van der Waals surface area contributed by atoms with Gasteiger partial charge in [-0.2, -0.15) is 9.78 Å². The first-order valence-corrected chi connectivity index (χ1v) is 6.88. The average molecular weight is 262 g/mol. The first kappa shape index (κ1) is 13.6. The van der Waals surface area contributed by atoms with Gasteiger partial charge in [-0.25, -0.2) is 9.67 Å². The second-order valence-electron chi connectivity index (χ2n) is 4.62. The minimum Gasteiger partial charge on any atom is -0.394 e. The van der Waals surface area contributed by atoms with E-state index in [1.807, 2.05) is 18.7 Å². The molecule has 0 aliphatic carbocycles. The van der Waals surface area contributed by atoms with E-state index in [1.165, 1.54) is 0 Å². The van der Waals surface area contributed by atoms with Crippen molar-refractivity contribution in [2.24, 2.45) is 7.05 Å². The molecule has 0 aliphatic heterocycles. The number of nitrogen functional groups attached to an aromatic ring is 1. The third-order valence-electron chi connectivity index (χ3n) is 3.17. The van der Waals surface area contributed by atoms with Crippen molar-refractivity contribution in [1.82, 2.24) is 24.5 Å². The summed E-state index contributed by atoms with van der Waals surface area (Å²) in [5.41, 5.74) is 7.88. The van der Waals surface area contributed by atoms with E-state index >= 15 is 0 Å². The van der Waals surface area contributed by atoms with Crippen molar-refractivity contribution < 1.29 is 0 Å². The van der Waals surface area contributed by atoms with E-state index in [0.717, 1.165) is 48.8 Å². The Morgan fingerprint density at radius 1 is 1.11 bits per heavy atom. The monoisotopic (exact) mass is 262 g/mol. The van der Waals surface area contributed by atoms with Gasteiger partial charge in [0.2, 0.25) is 0 Å². The van der Waals surface area contributed by atoms with Gasteiger partial charge in [0, 0.05) is 19.9 Å². The van der Waals surface area contributed by atoms with E-state index in [0.29, 0.717) is 5.69 Å². The Morgan fingerprint density at radius 3 is 2.42 bits per heavy atom. The molecule has 0 saturated heterocycles. The first-order valence-electron chi connectivity index (χ1n) is 6.88. The summed E-state index contributed by atoms with van der Waals surface area (Å²) in [5, 5.41) is 9.02. The number of aromatic nitrogens is 5. The van der Waals surface area contributed by atoms with Crippen LogP contribution >= 0.6 is 0 Å². The highest BCUT2D eigenvalue weighted by molar-refractivity contribution is 5.57. The molecule has 0 unspecified atom stereocenters. The molecule has 0 amide bonds. The minimum absolute atomic E-state index is 0.714. The van der Waals surface area contributed by atoms with Crippen LogP contribution in [-0.2, 0) is 26.3 Å². The Morgan fingerprint density at radius 2 is 1.84 bits per heavy atom. The van der Waals surface area contributed by atoms with Crippen molar-refractivity contribution in [2.45, 2.75) is 46.5 Å². The zero-order valence-corrected chi connectivity index (χ0v) is 12.1. The Kier molecular flexibility index (Phi) is 3.87. The first-order chi connectivity index (χ1) is 9.12. The summed E-state index contributed by atoms with van der Waals surface area (Å²) < 4.78 is 3.63. The van der Waals surface area contributed by atoms with Crippen LogP contribution in [0.15, 0.2) is 0 Å². The largest absolute Gasteiger partial charge is 0.394 e. The summed E-state index contributed by atoms with van der Waals surface area (Å²) in [4.78, 5) is 4.52. The second-order valence-corrected chi connectivity index (χ2v) is 4.62. The maximum Gasteiger partial charge on any atom is 0.177 e. The van der Waals surface area contributed by atoms with Gasteiger partial charge in [0.25, 0.3) is 0 Å². The number of hydrogen-bond acceptors (Lipinski definition) is 4. The number of nitrogens with zero attached hydrogens (tertiary/aromatic N) is 5. The summed E-state index contributed by atoms with van der Waals surface area (Å²) in [7, 11) is 1.90. The molecule has 0 radical (unpaired) electrons. The molecule has 0 saturated carbocycles. The molecule has 0 bridgehead atoms. The maximum absolute atomic E-state index is 6.22. The number of nitrogens with two attached hydrogens (primary N) is 1.